The topological polar surface area (TPSA) is 18.5 Å². The van der Waals surface area contributed by atoms with Gasteiger partial charge in [-0.05, 0) is 24.6 Å². The van der Waals surface area contributed by atoms with E-state index in [2.05, 4.69) is 34.6 Å². The van der Waals surface area contributed by atoms with Crippen LogP contribution in [0.25, 0.3) is 0 Å². The second-order valence-electron chi connectivity index (χ2n) is 4.32. The van der Waals surface area contributed by atoms with Gasteiger partial charge in [-0.3, -0.25) is 0 Å². The molecule has 0 heterocycles. The first kappa shape index (κ1) is 15.9. The fourth-order valence-electron chi connectivity index (χ4n) is 0.832. The van der Waals surface area contributed by atoms with Crippen LogP contribution in [0.15, 0.2) is 0 Å². The predicted molar refractivity (Wildman–Crippen MR) is 74.1 cm³/mol. The highest BCUT2D eigenvalue weighted by molar-refractivity contribution is 8.68. The summed E-state index contributed by atoms with van der Waals surface area (Å²) >= 11 is 7.18. The summed E-state index contributed by atoms with van der Waals surface area (Å²) in [6, 6.07) is 0. The summed E-state index contributed by atoms with van der Waals surface area (Å²) in [5.41, 5.74) is -2.12. The summed E-state index contributed by atoms with van der Waals surface area (Å²) in [6.07, 6.45) is 1.97. The zero-order valence-electron chi connectivity index (χ0n) is 10.4. The zero-order chi connectivity index (χ0) is 11.9. The number of hydrogen-bond donors (Lipinski definition) is 0. The lowest BCUT2D eigenvalue weighted by Gasteiger charge is -2.28. The maximum Gasteiger partial charge on any atom is 0.247 e. The van der Waals surface area contributed by atoms with E-state index in [4.69, 9.17) is 20.9 Å². The summed E-state index contributed by atoms with van der Waals surface area (Å²) in [5, 5.41) is 0. The van der Waals surface area contributed by atoms with Crippen LogP contribution >= 0.6 is 17.1 Å². The van der Waals surface area contributed by atoms with Crippen molar-refractivity contribution in [3.63, 3.8) is 0 Å². The van der Waals surface area contributed by atoms with Gasteiger partial charge < -0.3 is 9.05 Å². The van der Waals surface area contributed by atoms with E-state index < -0.39 is 5.69 Å². The molecule has 0 aromatic carbocycles. The van der Waals surface area contributed by atoms with Crippen molar-refractivity contribution in [1.29, 1.82) is 0 Å². The molecule has 0 amide bonds. The first-order valence-corrected chi connectivity index (χ1v) is 9.49. The number of hydrogen-bond acceptors (Lipinski definition) is 4. The van der Waals surface area contributed by atoms with E-state index in [1.54, 1.807) is 11.4 Å². The number of rotatable bonds is 7. The highest BCUT2D eigenvalue weighted by atomic mass is 32.9. The molecule has 0 bridgehead atoms. The minimum Gasteiger partial charge on any atom is -0.322 e. The monoisotopic (exact) mass is 270 g/mol. The van der Waals surface area contributed by atoms with Gasteiger partial charge in [-0.15, -0.1) is 0 Å². The minimum atomic E-state index is -2.12. The molecule has 0 aromatic rings. The lowest BCUT2D eigenvalue weighted by atomic mass is 10.3. The maximum absolute atomic E-state index is 5.72. The quantitative estimate of drug-likeness (QED) is 0.629. The molecule has 0 atom stereocenters. The molecule has 0 unspecified atom stereocenters. The van der Waals surface area contributed by atoms with Crippen molar-refractivity contribution >= 4 is 28.9 Å². The van der Waals surface area contributed by atoms with E-state index in [1.165, 1.54) is 0 Å². The Bertz CT molecular complexity index is 202. The molecule has 0 aliphatic carbocycles. The van der Waals surface area contributed by atoms with E-state index in [0.717, 1.165) is 12.8 Å². The van der Waals surface area contributed by atoms with Crippen molar-refractivity contribution in [2.75, 3.05) is 13.2 Å². The fraction of sp³-hybridized carbons (Fsp3) is 1.00. The molecule has 2 nitrogen and oxygen atoms in total. The average Bonchev–Trinajstić information content (AvgIpc) is 2.09. The van der Waals surface area contributed by atoms with E-state index in [9.17, 15) is 0 Å². The van der Waals surface area contributed by atoms with Gasteiger partial charge in [-0.1, -0.05) is 46.0 Å². The van der Waals surface area contributed by atoms with E-state index in [0.29, 0.717) is 13.2 Å². The molecule has 0 N–H and O–H groups in total. The molecular weight excluding hydrogens is 247 g/mol. The molecule has 92 valence electrons. The molecule has 0 aliphatic heterocycles. The molecule has 0 fully saturated rings. The Kier molecular flexibility index (Phi) is 7.73. The molecule has 0 saturated carbocycles. The first-order chi connectivity index (χ1) is 6.83. The highest BCUT2D eigenvalue weighted by Crippen LogP contribution is 2.65. The van der Waals surface area contributed by atoms with Gasteiger partial charge in [0.1, 0.15) is 0 Å². The highest BCUT2D eigenvalue weighted by Gasteiger charge is 2.27. The SMILES string of the molecule is CCCOP(=S)(OCCC)SC(C)(C)C. The second-order valence-corrected chi connectivity index (χ2v) is 11.3. The van der Waals surface area contributed by atoms with Gasteiger partial charge in [0.05, 0.1) is 13.2 Å². The summed E-state index contributed by atoms with van der Waals surface area (Å²) in [6.45, 7) is 12.0. The van der Waals surface area contributed by atoms with Crippen molar-refractivity contribution in [1.82, 2.24) is 0 Å². The Morgan fingerprint density at radius 1 is 1.07 bits per heavy atom. The summed E-state index contributed by atoms with van der Waals surface area (Å²) < 4.78 is 11.5. The maximum atomic E-state index is 5.72. The Hall–Kier alpha value is 0.920. The fourth-order valence-corrected chi connectivity index (χ4v) is 7.73. The van der Waals surface area contributed by atoms with Crippen LogP contribution in [0.3, 0.4) is 0 Å². The van der Waals surface area contributed by atoms with Crippen molar-refractivity contribution in [3.05, 3.63) is 0 Å². The Labute approximate surface area is 103 Å². The van der Waals surface area contributed by atoms with Crippen LogP contribution < -0.4 is 0 Å². The van der Waals surface area contributed by atoms with Crippen LogP contribution in [-0.2, 0) is 20.9 Å². The molecule has 0 aliphatic rings. The van der Waals surface area contributed by atoms with E-state index >= 15 is 0 Å². The average molecular weight is 270 g/mol. The predicted octanol–water partition coefficient (Wildman–Crippen LogP) is 4.60. The molecule has 0 rings (SSSR count). The standard InChI is InChI=1S/C10H23O2PS2/c1-6-8-11-13(14,12-9-7-2)15-10(3,4)5/h6-9H2,1-5H3. The van der Waals surface area contributed by atoms with Gasteiger partial charge >= 0.3 is 0 Å². The van der Waals surface area contributed by atoms with Crippen LogP contribution in [0.4, 0.5) is 0 Å². The van der Waals surface area contributed by atoms with Gasteiger partial charge in [0.2, 0.25) is 5.69 Å². The molecule has 0 radical (unpaired) electrons. The first-order valence-electron chi connectivity index (χ1n) is 5.43. The molecular formula is C10H23O2PS2. The second kappa shape index (κ2) is 7.29. The molecule has 5 heteroatoms. The Morgan fingerprint density at radius 3 is 1.73 bits per heavy atom. The van der Waals surface area contributed by atoms with Crippen LogP contribution in [-0.4, -0.2) is 18.0 Å². The minimum absolute atomic E-state index is 0.0943. The third-order valence-electron chi connectivity index (χ3n) is 1.29. The van der Waals surface area contributed by atoms with Crippen molar-refractivity contribution in [2.45, 2.75) is 52.2 Å². The summed E-state index contributed by atoms with van der Waals surface area (Å²) in [7, 11) is 0. The summed E-state index contributed by atoms with van der Waals surface area (Å²) in [5.74, 6) is 0. The lowest BCUT2D eigenvalue weighted by molar-refractivity contribution is 0.259. The Balaban J connectivity index is 4.34. The van der Waals surface area contributed by atoms with Gasteiger partial charge in [-0.25, -0.2) is 0 Å². The van der Waals surface area contributed by atoms with Crippen LogP contribution in [0.1, 0.15) is 47.5 Å². The van der Waals surface area contributed by atoms with E-state index in [-0.39, 0.29) is 4.75 Å². The van der Waals surface area contributed by atoms with Crippen molar-refractivity contribution in [2.24, 2.45) is 0 Å². The van der Waals surface area contributed by atoms with Crippen LogP contribution in [0, 0.1) is 0 Å². The van der Waals surface area contributed by atoms with Crippen molar-refractivity contribution < 1.29 is 9.05 Å². The van der Waals surface area contributed by atoms with Crippen molar-refractivity contribution in [3.8, 4) is 0 Å². The molecule has 15 heavy (non-hydrogen) atoms. The largest absolute Gasteiger partial charge is 0.322 e. The molecule has 0 aromatic heterocycles. The third kappa shape index (κ3) is 8.70. The zero-order valence-corrected chi connectivity index (χ0v) is 12.9. The summed E-state index contributed by atoms with van der Waals surface area (Å²) in [4.78, 5) is 0. The molecule has 0 saturated heterocycles. The lowest BCUT2D eigenvalue weighted by Crippen LogP contribution is -2.09. The normalized spacial score (nSPS) is 13.1. The Morgan fingerprint density at radius 2 is 1.47 bits per heavy atom. The van der Waals surface area contributed by atoms with Gasteiger partial charge in [0.25, 0.3) is 0 Å². The van der Waals surface area contributed by atoms with Gasteiger partial charge in [-0.2, -0.15) is 0 Å². The molecule has 0 spiro atoms. The van der Waals surface area contributed by atoms with Gasteiger partial charge in [0.15, 0.2) is 0 Å². The van der Waals surface area contributed by atoms with Crippen LogP contribution in [0.5, 0.6) is 0 Å². The smallest absolute Gasteiger partial charge is 0.247 e. The van der Waals surface area contributed by atoms with E-state index in [1.807, 2.05) is 0 Å². The van der Waals surface area contributed by atoms with Crippen LogP contribution in [0.2, 0.25) is 0 Å². The van der Waals surface area contributed by atoms with Gasteiger partial charge in [0, 0.05) is 4.75 Å². The third-order valence-corrected chi connectivity index (χ3v) is 7.31.